The number of nitrogens with one attached hydrogen (secondary N) is 1. The third kappa shape index (κ3) is 4.52. The van der Waals surface area contributed by atoms with Crippen molar-refractivity contribution in [3.63, 3.8) is 0 Å². The van der Waals surface area contributed by atoms with Crippen molar-refractivity contribution >= 4 is 0 Å². The summed E-state index contributed by atoms with van der Waals surface area (Å²) in [5.41, 5.74) is 0.287. The van der Waals surface area contributed by atoms with Crippen LogP contribution in [0.5, 0.6) is 0 Å². The lowest BCUT2D eigenvalue weighted by Crippen LogP contribution is -2.52. The van der Waals surface area contributed by atoms with Crippen LogP contribution in [-0.4, -0.2) is 47.3 Å². The summed E-state index contributed by atoms with van der Waals surface area (Å²) in [5.74, 6) is 0. The first-order chi connectivity index (χ1) is 8.17. The van der Waals surface area contributed by atoms with Crippen LogP contribution in [0.2, 0.25) is 0 Å². The van der Waals surface area contributed by atoms with E-state index in [4.69, 9.17) is 0 Å². The molecule has 2 atom stereocenters. The van der Waals surface area contributed by atoms with Gasteiger partial charge in [-0.2, -0.15) is 0 Å². The molecule has 0 radical (unpaired) electrons. The Bertz CT molecular complexity index is 265. The predicted octanol–water partition coefficient (Wildman–Crippen LogP) is 2.25. The van der Waals surface area contributed by atoms with Gasteiger partial charge in [0.05, 0.1) is 6.61 Å². The van der Waals surface area contributed by atoms with Gasteiger partial charge in [0.15, 0.2) is 0 Å². The highest BCUT2D eigenvalue weighted by molar-refractivity contribution is 4.92. The van der Waals surface area contributed by atoms with E-state index in [1.165, 1.54) is 19.5 Å². The summed E-state index contributed by atoms with van der Waals surface area (Å²) in [6, 6.07) is 0.930. The van der Waals surface area contributed by atoms with Crippen molar-refractivity contribution < 1.29 is 5.11 Å². The van der Waals surface area contributed by atoms with E-state index in [-0.39, 0.29) is 12.1 Å². The second-order valence-corrected chi connectivity index (χ2v) is 7.46. The molecule has 0 amide bonds. The average molecular weight is 256 g/mol. The highest BCUT2D eigenvalue weighted by Gasteiger charge is 2.35. The van der Waals surface area contributed by atoms with Crippen molar-refractivity contribution in [3.05, 3.63) is 0 Å². The van der Waals surface area contributed by atoms with E-state index in [1.807, 2.05) is 0 Å². The van der Waals surface area contributed by atoms with Gasteiger partial charge in [-0.25, -0.2) is 0 Å². The molecule has 1 aliphatic heterocycles. The molecule has 0 aromatic rings. The van der Waals surface area contributed by atoms with Crippen LogP contribution < -0.4 is 5.32 Å². The first kappa shape index (κ1) is 15.9. The van der Waals surface area contributed by atoms with E-state index in [0.717, 1.165) is 6.42 Å². The van der Waals surface area contributed by atoms with Gasteiger partial charge in [0.2, 0.25) is 0 Å². The number of likely N-dealkylation sites (tertiary alicyclic amines) is 1. The van der Waals surface area contributed by atoms with Crippen LogP contribution in [0.1, 0.15) is 54.4 Å². The average Bonchev–Trinajstić information content (AvgIpc) is 2.57. The van der Waals surface area contributed by atoms with Gasteiger partial charge in [0, 0.05) is 24.2 Å². The zero-order chi connectivity index (χ0) is 14.0. The van der Waals surface area contributed by atoms with E-state index in [1.54, 1.807) is 0 Å². The molecular formula is C15H32N2O. The third-order valence-corrected chi connectivity index (χ3v) is 4.06. The van der Waals surface area contributed by atoms with Crippen molar-refractivity contribution in [3.8, 4) is 0 Å². The normalized spacial score (nSPS) is 25.3. The topological polar surface area (TPSA) is 35.5 Å². The number of aliphatic hydroxyl groups excluding tert-OH is 1. The SMILES string of the molecule is CC(C)NC(C)(CO)CC(C)N1CCC(C)(C)C1. The van der Waals surface area contributed by atoms with Crippen molar-refractivity contribution in [2.75, 3.05) is 19.7 Å². The number of hydrogen-bond acceptors (Lipinski definition) is 3. The minimum atomic E-state index is -0.166. The molecular weight excluding hydrogens is 224 g/mol. The molecule has 0 aromatic heterocycles. The molecule has 0 bridgehead atoms. The fourth-order valence-corrected chi connectivity index (χ4v) is 3.18. The molecule has 2 N–H and O–H groups in total. The molecule has 0 saturated carbocycles. The lowest BCUT2D eigenvalue weighted by atomic mass is 9.91. The monoisotopic (exact) mass is 256 g/mol. The molecule has 3 heteroatoms. The summed E-state index contributed by atoms with van der Waals surface area (Å²) >= 11 is 0. The summed E-state index contributed by atoms with van der Waals surface area (Å²) in [4.78, 5) is 2.57. The molecule has 1 rings (SSSR count). The predicted molar refractivity (Wildman–Crippen MR) is 77.8 cm³/mol. The quantitative estimate of drug-likeness (QED) is 0.765. The fourth-order valence-electron chi connectivity index (χ4n) is 3.18. The van der Waals surface area contributed by atoms with Gasteiger partial charge in [-0.05, 0) is 38.6 Å². The van der Waals surface area contributed by atoms with Crippen molar-refractivity contribution in [1.29, 1.82) is 0 Å². The van der Waals surface area contributed by atoms with E-state index in [0.29, 0.717) is 17.5 Å². The smallest absolute Gasteiger partial charge is 0.0611 e. The summed E-state index contributed by atoms with van der Waals surface area (Å²) in [6.45, 7) is 16.0. The van der Waals surface area contributed by atoms with E-state index in [2.05, 4.69) is 51.8 Å². The Labute approximate surface area is 113 Å². The Morgan fingerprint density at radius 2 is 1.94 bits per heavy atom. The van der Waals surface area contributed by atoms with E-state index in [9.17, 15) is 5.11 Å². The maximum absolute atomic E-state index is 9.65. The molecule has 1 aliphatic rings. The molecule has 0 spiro atoms. The van der Waals surface area contributed by atoms with Crippen LogP contribution in [0.3, 0.4) is 0 Å². The lowest BCUT2D eigenvalue weighted by Gasteiger charge is -2.37. The molecule has 0 aliphatic carbocycles. The lowest BCUT2D eigenvalue weighted by molar-refractivity contribution is 0.115. The van der Waals surface area contributed by atoms with Crippen LogP contribution in [0.25, 0.3) is 0 Å². The Hall–Kier alpha value is -0.120. The summed E-state index contributed by atoms with van der Waals surface area (Å²) in [5, 5.41) is 13.2. The zero-order valence-electron chi connectivity index (χ0n) is 13.1. The minimum Gasteiger partial charge on any atom is -0.394 e. The minimum absolute atomic E-state index is 0.166. The standard InChI is InChI=1S/C15H32N2O/c1-12(2)16-15(6,11-18)9-13(3)17-8-7-14(4,5)10-17/h12-13,16,18H,7-11H2,1-6H3. The highest BCUT2D eigenvalue weighted by atomic mass is 16.3. The Balaban J connectivity index is 2.54. The summed E-state index contributed by atoms with van der Waals surface area (Å²) in [7, 11) is 0. The van der Waals surface area contributed by atoms with Gasteiger partial charge in [-0.15, -0.1) is 0 Å². The van der Waals surface area contributed by atoms with Crippen LogP contribution in [-0.2, 0) is 0 Å². The highest BCUT2D eigenvalue weighted by Crippen LogP contribution is 2.31. The number of nitrogens with zero attached hydrogens (tertiary/aromatic N) is 1. The summed E-state index contributed by atoms with van der Waals surface area (Å²) < 4.78 is 0. The molecule has 18 heavy (non-hydrogen) atoms. The van der Waals surface area contributed by atoms with E-state index < -0.39 is 0 Å². The molecule has 1 fully saturated rings. The largest absolute Gasteiger partial charge is 0.394 e. The fraction of sp³-hybridized carbons (Fsp3) is 1.00. The Morgan fingerprint density at radius 3 is 2.33 bits per heavy atom. The zero-order valence-corrected chi connectivity index (χ0v) is 13.1. The van der Waals surface area contributed by atoms with Crippen LogP contribution in [0.15, 0.2) is 0 Å². The van der Waals surface area contributed by atoms with Crippen molar-refractivity contribution in [2.45, 2.75) is 72.0 Å². The Morgan fingerprint density at radius 1 is 1.33 bits per heavy atom. The second-order valence-electron chi connectivity index (χ2n) is 7.46. The molecule has 2 unspecified atom stereocenters. The van der Waals surface area contributed by atoms with Crippen molar-refractivity contribution in [2.24, 2.45) is 5.41 Å². The van der Waals surface area contributed by atoms with Crippen LogP contribution in [0.4, 0.5) is 0 Å². The van der Waals surface area contributed by atoms with Gasteiger partial charge in [-0.3, -0.25) is 0 Å². The van der Waals surface area contributed by atoms with Crippen LogP contribution in [0, 0.1) is 5.41 Å². The van der Waals surface area contributed by atoms with Gasteiger partial charge in [0.25, 0.3) is 0 Å². The number of rotatable bonds is 6. The molecule has 3 nitrogen and oxygen atoms in total. The van der Waals surface area contributed by atoms with Gasteiger partial charge < -0.3 is 15.3 Å². The van der Waals surface area contributed by atoms with Gasteiger partial charge in [-0.1, -0.05) is 27.7 Å². The maximum atomic E-state index is 9.65. The summed E-state index contributed by atoms with van der Waals surface area (Å²) in [6.07, 6.45) is 2.28. The number of aliphatic hydroxyl groups is 1. The maximum Gasteiger partial charge on any atom is 0.0611 e. The van der Waals surface area contributed by atoms with E-state index >= 15 is 0 Å². The third-order valence-electron chi connectivity index (χ3n) is 4.06. The Kier molecular flexibility index (Phi) is 5.22. The van der Waals surface area contributed by atoms with Crippen molar-refractivity contribution in [1.82, 2.24) is 10.2 Å². The molecule has 0 aromatic carbocycles. The van der Waals surface area contributed by atoms with Gasteiger partial charge >= 0.3 is 0 Å². The first-order valence-electron chi connectivity index (χ1n) is 7.30. The number of hydrogen-bond donors (Lipinski definition) is 2. The second kappa shape index (κ2) is 5.89. The van der Waals surface area contributed by atoms with Crippen LogP contribution >= 0.6 is 0 Å². The molecule has 108 valence electrons. The van der Waals surface area contributed by atoms with Gasteiger partial charge in [0.1, 0.15) is 0 Å². The molecule has 1 saturated heterocycles. The first-order valence-corrected chi connectivity index (χ1v) is 7.30. The molecule has 1 heterocycles.